The minimum atomic E-state index is 0.637. The van der Waals surface area contributed by atoms with Gasteiger partial charge in [0.25, 0.3) is 0 Å². The number of hydrogen-bond donors (Lipinski definition) is 1. The van der Waals surface area contributed by atoms with E-state index in [4.69, 9.17) is 16.6 Å². The fourth-order valence-corrected chi connectivity index (χ4v) is 3.27. The van der Waals surface area contributed by atoms with E-state index in [1.807, 2.05) is 78.9 Å². The first-order chi connectivity index (χ1) is 14.3. The highest BCUT2D eigenvalue weighted by Gasteiger charge is 2.15. The molecule has 0 bridgehead atoms. The zero-order chi connectivity index (χ0) is 19.6. The topological polar surface area (TPSA) is 67.5 Å². The summed E-state index contributed by atoms with van der Waals surface area (Å²) in [6, 6.07) is 25.2. The van der Waals surface area contributed by atoms with E-state index in [0.717, 1.165) is 27.7 Å². The van der Waals surface area contributed by atoms with Crippen molar-refractivity contribution in [3.8, 4) is 11.3 Å². The fraction of sp³-hybridized carbons (Fsp3) is 0. The molecule has 0 unspecified atom stereocenters. The highest BCUT2D eigenvalue weighted by atomic mass is 35.5. The van der Waals surface area contributed by atoms with E-state index < -0.39 is 0 Å². The van der Waals surface area contributed by atoms with Crippen LogP contribution in [0.25, 0.3) is 27.8 Å². The second kappa shape index (κ2) is 7.33. The fourth-order valence-electron chi connectivity index (χ4n) is 3.15. The molecule has 2 heterocycles. The molecule has 0 aliphatic rings. The molecule has 0 radical (unpaired) electrons. The Kier molecular flexibility index (Phi) is 4.38. The summed E-state index contributed by atoms with van der Waals surface area (Å²) < 4.78 is 1.76. The lowest BCUT2D eigenvalue weighted by atomic mass is 10.1. The van der Waals surface area contributed by atoms with Crippen LogP contribution in [0, 0.1) is 0 Å². The molecule has 0 aliphatic carbocycles. The Hall–Kier alpha value is -3.77. The number of hydrogen-bond acceptors (Lipinski definition) is 5. The second-order valence-electron chi connectivity index (χ2n) is 6.44. The molecule has 5 aromatic rings. The number of fused-ring (bicyclic) bond motifs is 3. The summed E-state index contributed by atoms with van der Waals surface area (Å²) in [7, 11) is 0. The van der Waals surface area contributed by atoms with Gasteiger partial charge in [0, 0.05) is 16.0 Å². The first kappa shape index (κ1) is 17.3. The molecule has 0 atom stereocenters. The van der Waals surface area contributed by atoms with Gasteiger partial charge in [-0.05, 0) is 29.8 Å². The molecule has 0 amide bonds. The lowest BCUT2D eigenvalue weighted by molar-refractivity contribution is 0.877. The molecule has 0 spiro atoms. The van der Waals surface area contributed by atoms with Crippen LogP contribution >= 0.6 is 11.6 Å². The number of hydrazone groups is 1. The maximum Gasteiger partial charge on any atom is 0.186 e. The van der Waals surface area contributed by atoms with E-state index >= 15 is 0 Å². The van der Waals surface area contributed by atoms with Crippen molar-refractivity contribution in [2.75, 3.05) is 5.43 Å². The summed E-state index contributed by atoms with van der Waals surface area (Å²) >= 11 is 5.93. The molecule has 1 N–H and O–H groups in total. The minimum absolute atomic E-state index is 0.637. The molecule has 5 rings (SSSR count). The number of para-hydroxylation sites is 1. The van der Waals surface area contributed by atoms with Crippen molar-refractivity contribution >= 4 is 40.2 Å². The molecular weight excluding hydrogens is 384 g/mol. The number of nitrogens with one attached hydrogen (secondary N) is 1. The van der Waals surface area contributed by atoms with E-state index in [1.165, 1.54) is 0 Å². The normalized spacial score (nSPS) is 11.5. The lowest BCUT2D eigenvalue weighted by Crippen LogP contribution is -2.00. The van der Waals surface area contributed by atoms with Gasteiger partial charge in [0.2, 0.25) is 0 Å². The van der Waals surface area contributed by atoms with Crippen LogP contribution in [0.1, 0.15) is 5.56 Å². The number of rotatable bonds is 4. The number of benzene rings is 3. The molecule has 6 nitrogen and oxygen atoms in total. The summed E-state index contributed by atoms with van der Waals surface area (Å²) in [5.74, 6) is 0.637. The number of nitrogens with zero attached hydrogens (tertiary/aromatic N) is 5. The van der Waals surface area contributed by atoms with Crippen molar-refractivity contribution in [3.05, 3.63) is 89.4 Å². The Morgan fingerprint density at radius 1 is 0.897 bits per heavy atom. The Labute approximate surface area is 171 Å². The summed E-state index contributed by atoms with van der Waals surface area (Å²) in [5.41, 5.74) is 7.25. The van der Waals surface area contributed by atoms with Crippen molar-refractivity contribution < 1.29 is 0 Å². The Morgan fingerprint density at radius 2 is 1.66 bits per heavy atom. The van der Waals surface area contributed by atoms with Crippen molar-refractivity contribution in [1.29, 1.82) is 0 Å². The summed E-state index contributed by atoms with van der Waals surface area (Å²) in [4.78, 5) is 4.78. The van der Waals surface area contributed by atoms with Crippen LogP contribution in [0.15, 0.2) is 84.0 Å². The smallest absolute Gasteiger partial charge is 0.186 e. The molecule has 2 aromatic heterocycles. The van der Waals surface area contributed by atoms with Crippen LogP contribution in [0.3, 0.4) is 0 Å². The van der Waals surface area contributed by atoms with E-state index in [2.05, 4.69) is 20.8 Å². The average Bonchev–Trinajstić information content (AvgIpc) is 3.20. The summed E-state index contributed by atoms with van der Waals surface area (Å²) in [5, 5.41) is 14.6. The molecule has 0 saturated heterocycles. The van der Waals surface area contributed by atoms with Gasteiger partial charge >= 0.3 is 0 Å². The van der Waals surface area contributed by atoms with Gasteiger partial charge in [0.15, 0.2) is 11.5 Å². The monoisotopic (exact) mass is 398 g/mol. The molecule has 3 aromatic carbocycles. The van der Waals surface area contributed by atoms with E-state index in [1.54, 1.807) is 10.7 Å². The van der Waals surface area contributed by atoms with Crippen molar-refractivity contribution in [3.63, 3.8) is 0 Å². The predicted molar refractivity (Wildman–Crippen MR) is 116 cm³/mol. The van der Waals surface area contributed by atoms with Crippen molar-refractivity contribution in [2.24, 2.45) is 5.10 Å². The minimum Gasteiger partial charge on any atom is -0.261 e. The molecular formula is C22H15ClN6. The van der Waals surface area contributed by atoms with Crippen molar-refractivity contribution in [1.82, 2.24) is 19.8 Å². The van der Waals surface area contributed by atoms with Gasteiger partial charge in [0.05, 0.1) is 11.7 Å². The number of halogens is 1. The Balaban J connectivity index is 1.60. The van der Waals surface area contributed by atoms with Crippen LogP contribution in [-0.4, -0.2) is 26.0 Å². The zero-order valence-electron chi connectivity index (χ0n) is 15.2. The molecule has 0 saturated carbocycles. The largest absolute Gasteiger partial charge is 0.261 e. The van der Waals surface area contributed by atoms with Crippen LogP contribution in [-0.2, 0) is 0 Å². The van der Waals surface area contributed by atoms with Crippen molar-refractivity contribution in [2.45, 2.75) is 0 Å². The molecule has 0 fully saturated rings. The van der Waals surface area contributed by atoms with E-state index in [-0.39, 0.29) is 0 Å². The van der Waals surface area contributed by atoms with E-state index in [0.29, 0.717) is 16.5 Å². The highest BCUT2D eigenvalue weighted by Crippen LogP contribution is 2.27. The lowest BCUT2D eigenvalue weighted by Gasteiger charge is -2.07. The molecule has 140 valence electrons. The van der Waals surface area contributed by atoms with Gasteiger partial charge in [-0.25, -0.2) is 4.98 Å². The van der Waals surface area contributed by atoms with Gasteiger partial charge in [-0.15, -0.1) is 5.10 Å². The van der Waals surface area contributed by atoms with Crippen LogP contribution in [0.2, 0.25) is 5.02 Å². The molecule has 7 heteroatoms. The number of anilines is 1. The standard InChI is InChI=1S/C22H15ClN6/c23-17-12-10-15(11-13-17)14-24-27-21-18-8-4-5-9-19(18)29-22(25-21)20(26-28-29)16-6-2-1-3-7-16/h1-14H,(H,25,27). The quantitative estimate of drug-likeness (QED) is 0.340. The Morgan fingerprint density at radius 3 is 2.48 bits per heavy atom. The summed E-state index contributed by atoms with van der Waals surface area (Å²) in [6.07, 6.45) is 1.73. The first-order valence-corrected chi connectivity index (χ1v) is 9.41. The maximum absolute atomic E-state index is 5.93. The molecule has 29 heavy (non-hydrogen) atoms. The maximum atomic E-state index is 5.93. The third kappa shape index (κ3) is 3.30. The average molecular weight is 399 g/mol. The third-order valence-electron chi connectivity index (χ3n) is 4.55. The van der Waals surface area contributed by atoms with Gasteiger partial charge in [-0.1, -0.05) is 71.4 Å². The van der Waals surface area contributed by atoms with Gasteiger partial charge in [0.1, 0.15) is 5.69 Å². The van der Waals surface area contributed by atoms with Crippen LogP contribution in [0.4, 0.5) is 5.82 Å². The zero-order valence-corrected chi connectivity index (χ0v) is 16.0. The van der Waals surface area contributed by atoms with E-state index in [9.17, 15) is 0 Å². The van der Waals surface area contributed by atoms with Crippen LogP contribution < -0.4 is 5.43 Å². The first-order valence-electron chi connectivity index (χ1n) is 9.04. The summed E-state index contributed by atoms with van der Waals surface area (Å²) in [6.45, 7) is 0. The van der Waals surface area contributed by atoms with Crippen LogP contribution in [0.5, 0.6) is 0 Å². The predicted octanol–water partition coefficient (Wildman–Crippen LogP) is 5.04. The van der Waals surface area contributed by atoms with Gasteiger partial charge in [-0.3, -0.25) is 5.43 Å². The Bertz CT molecular complexity index is 1330. The van der Waals surface area contributed by atoms with Gasteiger partial charge < -0.3 is 0 Å². The third-order valence-corrected chi connectivity index (χ3v) is 4.80. The second-order valence-corrected chi connectivity index (χ2v) is 6.88. The highest BCUT2D eigenvalue weighted by molar-refractivity contribution is 6.30. The SMILES string of the molecule is Clc1ccc(C=NNc2nc3c(-c4ccccc4)nnn3c3ccccc23)cc1. The van der Waals surface area contributed by atoms with Gasteiger partial charge in [-0.2, -0.15) is 9.62 Å². The molecule has 0 aliphatic heterocycles. The number of aromatic nitrogens is 4.